The topological polar surface area (TPSA) is 70.7 Å². The third-order valence-electron chi connectivity index (χ3n) is 2.48. The molecule has 2 aromatic heterocycles. The summed E-state index contributed by atoms with van der Waals surface area (Å²) in [7, 11) is 1.91. The minimum absolute atomic E-state index is 0.117. The minimum Gasteiger partial charge on any atom is -0.477 e. The van der Waals surface area contributed by atoms with E-state index in [1.807, 2.05) is 18.9 Å². The van der Waals surface area contributed by atoms with Crippen molar-refractivity contribution in [1.82, 2.24) is 14.6 Å². The molecule has 1 N–H and O–H groups in total. The van der Waals surface area contributed by atoms with Gasteiger partial charge in [0.05, 0.1) is 6.20 Å². The van der Waals surface area contributed by atoms with E-state index in [0.717, 1.165) is 12.4 Å². The van der Waals surface area contributed by atoms with Crippen molar-refractivity contribution >= 4 is 17.4 Å². The summed E-state index contributed by atoms with van der Waals surface area (Å²) in [6.07, 6.45) is 2.91. The Morgan fingerprint density at radius 2 is 2.38 bits per heavy atom. The molecule has 0 spiro atoms. The van der Waals surface area contributed by atoms with Crippen LogP contribution in [0.3, 0.4) is 0 Å². The highest BCUT2D eigenvalue weighted by atomic mass is 16.4. The summed E-state index contributed by atoms with van der Waals surface area (Å²) in [5.74, 6) is -0.196. The van der Waals surface area contributed by atoms with Gasteiger partial charge in [-0.25, -0.2) is 9.78 Å². The predicted molar refractivity (Wildman–Crippen MR) is 58.9 cm³/mol. The first-order valence-corrected chi connectivity index (χ1v) is 4.92. The summed E-state index contributed by atoms with van der Waals surface area (Å²) in [6.45, 7) is 2.81. The lowest BCUT2D eigenvalue weighted by Crippen LogP contribution is -2.19. The quantitative estimate of drug-likeness (QED) is 0.831. The molecule has 0 saturated carbocycles. The Hall–Kier alpha value is -2.11. The van der Waals surface area contributed by atoms with Gasteiger partial charge < -0.3 is 10.0 Å². The number of aromatic nitrogens is 3. The van der Waals surface area contributed by atoms with Crippen LogP contribution in [0, 0.1) is 0 Å². The number of hydrogen-bond acceptors (Lipinski definition) is 4. The number of carbonyl (C=O) groups is 1. The maximum absolute atomic E-state index is 10.9. The van der Waals surface area contributed by atoms with Gasteiger partial charge in [-0.1, -0.05) is 0 Å². The van der Waals surface area contributed by atoms with Gasteiger partial charge in [0.15, 0.2) is 5.65 Å². The van der Waals surface area contributed by atoms with E-state index in [1.54, 1.807) is 12.3 Å². The molecule has 0 fully saturated rings. The molecule has 0 radical (unpaired) electrons. The van der Waals surface area contributed by atoms with Crippen LogP contribution in [-0.4, -0.2) is 39.3 Å². The van der Waals surface area contributed by atoms with Crippen LogP contribution in [0.5, 0.6) is 0 Å². The second-order valence-corrected chi connectivity index (χ2v) is 3.42. The number of hydrogen-bond donors (Lipinski definition) is 1. The summed E-state index contributed by atoms with van der Waals surface area (Å²) in [5, 5.41) is 13.0. The van der Waals surface area contributed by atoms with E-state index in [0.29, 0.717) is 5.65 Å². The Balaban J connectivity index is 2.66. The van der Waals surface area contributed by atoms with Crippen molar-refractivity contribution in [3.63, 3.8) is 0 Å². The Morgan fingerprint density at radius 3 is 3.00 bits per heavy atom. The lowest BCUT2D eigenvalue weighted by Gasteiger charge is -2.16. The fourth-order valence-corrected chi connectivity index (χ4v) is 1.48. The van der Waals surface area contributed by atoms with Crippen LogP contribution in [-0.2, 0) is 0 Å². The smallest absolute Gasteiger partial charge is 0.341 e. The van der Waals surface area contributed by atoms with Crippen LogP contribution < -0.4 is 4.90 Å². The summed E-state index contributed by atoms with van der Waals surface area (Å²) < 4.78 is 1.53. The predicted octanol–water partition coefficient (Wildman–Crippen LogP) is 0.884. The second kappa shape index (κ2) is 3.80. The maximum atomic E-state index is 10.9. The van der Waals surface area contributed by atoms with E-state index in [4.69, 9.17) is 5.11 Å². The summed E-state index contributed by atoms with van der Waals surface area (Å²) in [6, 6.07) is 1.80. The van der Waals surface area contributed by atoms with E-state index in [-0.39, 0.29) is 5.56 Å². The number of carboxylic acids is 1. The normalized spacial score (nSPS) is 10.6. The number of anilines is 1. The molecule has 0 saturated heterocycles. The average molecular weight is 220 g/mol. The van der Waals surface area contributed by atoms with Crippen molar-refractivity contribution in [2.24, 2.45) is 0 Å². The Labute approximate surface area is 92.1 Å². The van der Waals surface area contributed by atoms with Gasteiger partial charge >= 0.3 is 5.97 Å². The van der Waals surface area contributed by atoms with E-state index in [1.165, 1.54) is 10.7 Å². The van der Waals surface area contributed by atoms with E-state index >= 15 is 0 Å². The molecule has 2 rings (SSSR count). The number of rotatable bonds is 3. The molecule has 0 bridgehead atoms. The van der Waals surface area contributed by atoms with Gasteiger partial charge in [0.2, 0.25) is 0 Å². The zero-order valence-corrected chi connectivity index (χ0v) is 9.08. The van der Waals surface area contributed by atoms with Gasteiger partial charge in [0.25, 0.3) is 0 Å². The zero-order valence-electron chi connectivity index (χ0n) is 9.08. The van der Waals surface area contributed by atoms with Crippen LogP contribution in [0.1, 0.15) is 17.3 Å². The Kier molecular flexibility index (Phi) is 2.47. The van der Waals surface area contributed by atoms with Crippen LogP contribution in [0.15, 0.2) is 18.5 Å². The van der Waals surface area contributed by atoms with Crippen LogP contribution >= 0.6 is 0 Å². The number of fused-ring (bicyclic) bond motifs is 1. The second-order valence-electron chi connectivity index (χ2n) is 3.42. The molecule has 16 heavy (non-hydrogen) atoms. The molecule has 2 heterocycles. The largest absolute Gasteiger partial charge is 0.477 e. The molecule has 6 heteroatoms. The first kappa shape index (κ1) is 10.4. The van der Waals surface area contributed by atoms with Crippen LogP contribution in [0.25, 0.3) is 5.65 Å². The maximum Gasteiger partial charge on any atom is 0.341 e. The van der Waals surface area contributed by atoms with E-state index < -0.39 is 5.97 Å². The molecule has 0 aliphatic carbocycles. The first-order chi connectivity index (χ1) is 7.65. The van der Waals surface area contributed by atoms with Crippen molar-refractivity contribution in [2.75, 3.05) is 18.5 Å². The third kappa shape index (κ3) is 1.48. The summed E-state index contributed by atoms with van der Waals surface area (Å²) in [5.41, 5.74) is 0.483. The molecule has 84 valence electrons. The Bertz CT molecular complexity index is 535. The molecular weight excluding hydrogens is 208 g/mol. The van der Waals surface area contributed by atoms with Gasteiger partial charge in [-0.3, -0.25) is 0 Å². The molecule has 6 nitrogen and oxygen atoms in total. The van der Waals surface area contributed by atoms with Gasteiger partial charge in [-0.05, 0) is 13.0 Å². The molecule has 2 aromatic rings. The summed E-state index contributed by atoms with van der Waals surface area (Å²) in [4.78, 5) is 16.9. The van der Waals surface area contributed by atoms with Crippen LogP contribution in [0.2, 0.25) is 0 Å². The summed E-state index contributed by atoms with van der Waals surface area (Å²) >= 11 is 0. The highest BCUT2D eigenvalue weighted by Crippen LogP contribution is 2.16. The molecule has 0 atom stereocenters. The van der Waals surface area contributed by atoms with Crippen molar-refractivity contribution in [3.8, 4) is 0 Å². The van der Waals surface area contributed by atoms with Crippen LogP contribution in [0.4, 0.5) is 5.82 Å². The first-order valence-electron chi connectivity index (χ1n) is 4.92. The fraction of sp³-hybridized carbons (Fsp3) is 0.300. The average Bonchev–Trinajstić information content (AvgIpc) is 2.71. The highest BCUT2D eigenvalue weighted by Gasteiger charge is 2.15. The SMILES string of the molecule is CCN(C)c1ccnc2c(C(=O)O)cnn12. The number of carboxylic acid groups (broad SMARTS) is 1. The monoisotopic (exact) mass is 220 g/mol. The van der Waals surface area contributed by atoms with Crippen molar-refractivity contribution in [2.45, 2.75) is 6.92 Å². The van der Waals surface area contributed by atoms with E-state index in [2.05, 4.69) is 10.1 Å². The number of aromatic carboxylic acids is 1. The highest BCUT2D eigenvalue weighted by molar-refractivity contribution is 5.94. The Morgan fingerprint density at radius 1 is 1.62 bits per heavy atom. The van der Waals surface area contributed by atoms with Crippen molar-refractivity contribution in [3.05, 3.63) is 24.0 Å². The lowest BCUT2D eigenvalue weighted by atomic mass is 10.3. The van der Waals surface area contributed by atoms with Crippen molar-refractivity contribution < 1.29 is 9.90 Å². The van der Waals surface area contributed by atoms with Gasteiger partial charge in [-0.2, -0.15) is 9.61 Å². The zero-order chi connectivity index (χ0) is 11.7. The number of nitrogens with zero attached hydrogens (tertiary/aromatic N) is 4. The minimum atomic E-state index is -1.01. The fourth-order valence-electron chi connectivity index (χ4n) is 1.48. The molecule has 0 aromatic carbocycles. The standard InChI is InChI=1S/C10H12N4O2/c1-3-13(2)8-4-5-11-9-7(10(15)16)6-12-14(8)9/h4-6H,3H2,1-2H3,(H,15,16). The van der Waals surface area contributed by atoms with Gasteiger partial charge in [0.1, 0.15) is 11.4 Å². The molecule has 0 unspecified atom stereocenters. The lowest BCUT2D eigenvalue weighted by molar-refractivity contribution is 0.0699. The van der Waals surface area contributed by atoms with E-state index in [9.17, 15) is 4.79 Å². The van der Waals surface area contributed by atoms with Gasteiger partial charge in [0, 0.05) is 19.8 Å². The molecule has 0 amide bonds. The van der Waals surface area contributed by atoms with Gasteiger partial charge in [-0.15, -0.1) is 0 Å². The third-order valence-corrected chi connectivity index (χ3v) is 2.48. The molecule has 0 aliphatic heterocycles. The van der Waals surface area contributed by atoms with Crippen molar-refractivity contribution in [1.29, 1.82) is 0 Å². The molecule has 0 aliphatic rings. The molecular formula is C10H12N4O2.